The molecule has 12 heteroatoms. The Morgan fingerprint density at radius 3 is 2.30 bits per heavy atom. The molecule has 0 amide bonds. The second-order valence-electron chi connectivity index (χ2n) is 3.32. The molecule has 5 nitrogen and oxygen atoms in total. The molecule has 0 aromatic carbocycles. The first-order valence-electron chi connectivity index (χ1n) is 4.68. The minimum absolute atomic E-state index is 0.202. The van der Waals surface area contributed by atoms with E-state index >= 15 is 0 Å². The molecular formula is C8H6ClF5N2O3S. The van der Waals surface area contributed by atoms with Crippen LogP contribution in [0.4, 0.5) is 22.0 Å². The van der Waals surface area contributed by atoms with Gasteiger partial charge in [-0.15, -0.1) is 13.2 Å². The van der Waals surface area contributed by atoms with E-state index < -0.39 is 50.4 Å². The summed E-state index contributed by atoms with van der Waals surface area (Å²) in [6.45, 7) is -0.759. The number of rotatable bonds is 4. The van der Waals surface area contributed by atoms with E-state index in [1.807, 2.05) is 0 Å². The molecule has 1 heterocycles. The number of ether oxygens (including phenoxy) is 1. The Kier molecular flexibility index (Phi) is 4.77. The van der Waals surface area contributed by atoms with Crippen molar-refractivity contribution < 1.29 is 35.1 Å². The summed E-state index contributed by atoms with van der Waals surface area (Å²) >= 11 is 0. The summed E-state index contributed by atoms with van der Waals surface area (Å²) in [7, 11) is 0.394. The average Bonchev–Trinajstić information content (AvgIpc) is 2.25. The summed E-state index contributed by atoms with van der Waals surface area (Å²) in [5.41, 5.74) is 2.93. The molecule has 1 aromatic rings. The molecule has 0 fully saturated rings. The van der Waals surface area contributed by atoms with E-state index in [2.05, 4.69) is 9.72 Å². The van der Waals surface area contributed by atoms with E-state index in [1.165, 1.54) is 0 Å². The van der Waals surface area contributed by atoms with E-state index in [4.69, 9.17) is 16.4 Å². The fourth-order valence-corrected chi connectivity index (χ4v) is 1.96. The van der Waals surface area contributed by atoms with Gasteiger partial charge in [-0.3, -0.25) is 0 Å². The molecular weight excluding hydrogens is 335 g/mol. The zero-order valence-electron chi connectivity index (χ0n) is 9.29. The minimum Gasteiger partial charge on any atom is -0.403 e. The van der Waals surface area contributed by atoms with Crippen molar-refractivity contribution in [3.63, 3.8) is 0 Å². The number of nitrogens with zero attached hydrogens (tertiary/aromatic N) is 1. The Hall–Kier alpha value is -1.20. The van der Waals surface area contributed by atoms with Gasteiger partial charge in [-0.25, -0.2) is 22.2 Å². The van der Waals surface area contributed by atoms with Crippen molar-refractivity contribution in [3.05, 3.63) is 17.3 Å². The second kappa shape index (κ2) is 5.66. The van der Waals surface area contributed by atoms with Crippen molar-refractivity contribution in [2.24, 2.45) is 5.73 Å². The maximum atomic E-state index is 12.7. The van der Waals surface area contributed by atoms with Crippen LogP contribution in [0.3, 0.4) is 0 Å². The first-order chi connectivity index (χ1) is 8.95. The lowest BCUT2D eigenvalue weighted by atomic mass is 10.2. The number of hydrogen-bond acceptors (Lipinski definition) is 5. The number of hydrogen-bond donors (Lipinski definition) is 1. The van der Waals surface area contributed by atoms with Crippen LogP contribution in [0.5, 0.6) is 5.75 Å². The first-order valence-corrected chi connectivity index (χ1v) is 6.99. The molecule has 1 rings (SSSR count). The molecule has 20 heavy (non-hydrogen) atoms. The van der Waals surface area contributed by atoms with Gasteiger partial charge in [-0.1, -0.05) is 0 Å². The fourth-order valence-electron chi connectivity index (χ4n) is 1.24. The monoisotopic (exact) mass is 340 g/mol. The van der Waals surface area contributed by atoms with Crippen LogP contribution in [0.1, 0.15) is 17.7 Å². The van der Waals surface area contributed by atoms with Crippen LogP contribution in [0.15, 0.2) is 11.1 Å². The van der Waals surface area contributed by atoms with Gasteiger partial charge in [0.2, 0.25) is 0 Å². The van der Waals surface area contributed by atoms with Gasteiger partial charge in [-0.05, 0) is 6.07 Å². The molecule has 0 saturated heterocycles. The van der Waals surface area contributed by atoms with Gasteiger partial charge < -0.3 is 10.5 Å². The summed E-state index contributed by atoms with van der Waals surface area (Å²) in [4.78, 5) is 3.19. The largest absolute Gasteiger partial charge is 0.573 e. The quantitative estimate of drug-likeness (QED) is 0.672. The average molecular weight is 341 g/mol. The molecule has 0 aliphatic heterocycles. The lowest BCUT2D eigenvalue weighted by Gasteiger charge is -2.16. The molecule has 0 aliphatic carbocycles. The number of halogens is 6. The maximum Gasteiger partial charge on any atom is 0.573 e. The molecule has 0 aliphatic rings. The Bertz CT molecular complexity index is 605. The molecule has 0 spiro atoms. The van der Waals surface area contributed by atoms with Gasteiger partial charge >= 0.3 is 6.36 Å². The van der Waals surface area contributed by atoms with Gasteiger partial charge in [0.15, 0.2) is 10.8 Å². The predicted octanol–water partition coefficient (Wildman–Crippen LogP) is 2.30. The summed E-state index contributed by atoms with van der Waals surface area (Å²) in [5, 5.41) is -1.04. The van der Waals surface area contributed by atoms with Gasteiger partial charge in [-0.2, -0.15) is 0 Å². The van der Waals surface area contributed by atoms with E-state index in [0.29, 0.717) is 0 Å². The normalized spacial score (nSPS) is 12.8. The third kappa shape index (κ3) is 4.15. The van der Waals surface area contributed by atoms with Crippen molar-refractivity contribution in [3.8, 4) is 5.75 Å². The standard InChI is InChI=1S/C8H6ClF5N2O3S/c9-20(17,18)5-1-3(7(10)11)6(4(2-15)16-5)19-8(12,13)14/h1,7H,2,15H2. The predicted molar refractivity (Wildman–Crippen MR) is 56.8 cm³/mol. The number of nitrogens with two attached hydrogens (primary N) is 1. The van der Waals surface area contributed by atoms with E-state index in [1.54, 1.807) is 0 Å². The smallest absolute Gasteiger partial charge is 0.403 e. The molecule has 0 bridgehead atoms. The third-order valence-corrected chi connectivity index (χ3v) is 3.13. The Morgan fingerprint density at radius 2 is 1.95 bits per heavy atom. The van der Waals surface area contributed by atoms with Crippen molar-refractivity contribution in [1.29, 1.82) is 0 Å². The number of pyridine rings is 1. The highest BCUT2D eigenvalue weighted by Gasteiger charge is 2.36. The molecule has 0 radical (unpaired) electrons. The Labute approximate surface area is 113 Å². The number of alkyl halides is 5. The lowest BCUT2D eigenvalue weighted by molar-refractivity contribution is -0.275. The lowest BCUT2D eigenvalue weighted by Crippen LogP contribution is -2.21. The van der Waals surface area contributed by atoms with E-state index in [9.17, 15) is 30.4 Å². The Morgan fingerprint density at radius 1 is 1.40 bits per heavy atom. The molecule has 114 valence electrons. The van der Waals surface area contributed by atoms with E-state index in [0.717, 1.165) is 0 Å². The maximum absolute atomic E-state index is 12.7. The molecule has 2 N–H and O–H groups in total. The number of aromatic nitrogens is 1. The van der Waals surface area contributed by atoms with Crippen LogP contribution in [0.25, 0.3) is 0 Å². The van der Waals surface area contributed by atoms with Crippen molar-refractivity contribution in [1.82, 2.24) is 4.98 Å². The van der Waals surface area contributed by atoms with Crippen LogP contribution in [-0.2, 0) is 15.6 Å². The van der Waals surface area contributed by atoms with E-state index in [-0.39, 0.29) is 6.07 Å². The third-order valence-electron chi connectivity index (χ3n) is 1.94. The van der Waals surface area contributed by atoms with Gasteiger partial charge in [0.05, 0.1) is 11.3 Å². The van der Waals surface area contributed by atoms with Crippen LogP contribution in [0.2, 0.25) is 0 Å². The van der Waals surface area contributed by atoms with Gasteiger partial charge in [0.25, 0.3) is 15.5 Å². The van der Waals surface area contributed by atoms with Gasteiger partial charge in [0.1, 0.15) is 0 Å². The van der Waals surface area contributed by atoms with Crippen molar-refractivity contribution in [2.45, 2.75) is 24.4 Å². The highest BCUT2D eigenvalue weighted by molar-refractivity contribution is 8.13. The van der Waals surface area contributed by atoms with Crippen molar-refractivity contribution in [2.75, 3.05) is 0 Å². The van der Waals surface area contributed by atoms with Crippen LogP contribution < -0.4 is 10.5 Å². The second-order valence-corrected chi connectivity index (χ2v) is 5.83. The fraction of sp³-hybridized carbons (Fsp3) is 0.375. The summed E-state index contributed by atoms with van der Waals surface area (Å²) in [6.07, 6.45) is -8.71. The summed E-state index contributed by atoms with van der Waals surface area (Å²) < 4.78 is 87.4. The van der Waals surface area contributed by atoms with Crippen LogP contribution in [-0.4, -0.2) is 19.8 Å². The summed E-state index contributed by atoms with van der Waals surface area (Å²) in [5.74, 6) is -1.33. The van der Waals surface area contributed by atoms with Crippen LogP contribution in [0, 0.1) is 0 Å². The zero-order chi connectivity index (χ0) is 15.7. The zero-order valence-corrected chi connectivity index (χ0v) is 10.9. The van der Waals surface area contributed by atoms with Gasteiger partial charge in [0, 0.05) is 17.2 Å². The molecule has 0 atom stereocenters. The van der Waals surface area contributed by atoms with Crippen LogP contribution >= 0.6 is 10.7 Å². The minimum atomic E-state index is -5.27. The highest BCUT2D eigenvalue weighted by atomic mass is 35.7. The highest BCUT2D eigenvalue weighted by Crippen LogP contribution is 2.36. The molecule has 0 unspecified atom stereocenters. The molecule has 0 saturated carbocycles. The first kappa shape index (κ1) is 16.9. The molecule has 1 aromatic heterocycles. The van der Waals surface area contributed by atoms with Crippen molar-refractivity contribution >= 4 is 19.7 Å². The summed E-state index contributed by atoms with van der Waals surface area (Å²) in [6, 6.07) is 0.202. The SMILES string of the molecule is NCc1nc(S(=O)(=O)Cl)cc(C(F)F)c1OC(F)(F)F. The topological polar surface area (TPSA) is 82.3 Å². The Balaban J connectivity index is 3.57.